The van der Waals surface area contributed by atoms with Crippen LogP contribution in [-0.2, 0) is 4.79 Å². The molecule has 0 aliphatic carbocycles. The van der Waals surface area contributed by atoms with E-state index in [0.717, 1.165) is 12.2 Å². The number of primary amides is 1. The molecule has 3 amide bonds. The molecular weight excluding hydrogens is 318 g/mol. The van der Waals surface area contributed by atoms with Crippen molar-refractivity contribution in [3.05, 3.63) is 29.8 Å². The summed E-state index contributed by atoms with van der Waals surface area (Å²) in [6.45, 7) is 11.4. The predicted molar refractivity (Wildman–Crippen MR) is 99.6 cm³/mol. The second kappa shape index (κ2) is 7.65. The number of benzene rings is 1. The zero-order chi connectivity index (χ0) is 18.7. The first kappa shape index (κ1) is 18.9. The van der Waals surface area contributed by atoms with Crippen LogP contribution in [0.4, 0.5) is 10.5 Å². The third kappa shape index (κ3) is 3.99. The van der Waals surface area contributed by atoms with Crippen molar-refractivity contribution in [3.63, 3.8) is 0 Å². The van der Waals surface area contributed by atoms with Crippen LogP contribution in [0.15, 0.2) is 29.4 Å². The van der Waals surface area contributed by atoms with E-state index in [0.29, 0.717) is 17.6 Å². The summed E-state index contributed by atoms with van der Waals surface area (Å²) in [7, 11) is 0. The van der Waals surface area contributed by atoms with Crippen LogP contribution in [0, 0.1) is 0 Å². The fraction of sp³-hybridized carbons (Fsp3) is 0.500. The molecule has 0 saturated heterocycles. The Labute approximate surface area is 148 Å². The first-order valence-corrected chi connectivity index (χ1v) is 8.55. The average molecular weight is 345 g/mol. The van der Waals surface area contributed by atoms with Gasteiger partial charge in [-0.15, -0.1) is 0 Å². The Bertz CT molecular complexity index is 676. The molecule has 1 aromatic rings. The van der Waals surface area contributed by atoms with Gasteiger partial charge in [-0.1, -0.05) is 18.2 Å². The number of rotatable bonds is 6. The molecule has 0 spiro atoms. The second-order valence-corrected chi connectivity index (χ2v) is 6.86. The third-order valence-corrected chi connectivity index (χ3v) is 4.36. The summed E-state index contributed by atoms with van der Waals surface area (Å²) in [4.78, 5) is 28.0. The number of fused-ring (bicyclic) bond motifs is 1. The number of carbonyl (C=O) groups is 2. The molecule has 2 rings (SSSR count). The van der Waals surface area contributed by atoms with Gasteiger partial charge in [0, 0.05) is 30.2 Å². The Morgan fingerprint density at radius 3 is 2.36 bits per heavy atom. The molecule has 0 bridgehead atoms. The Morgan fingerprint density at radius 2 is 1.80 bits per heavy atom. The van der Waals surface area contributed by atoms with E-state index in [4.69, 9.17) is 5.73 Å². The molecule has 25 heavy (non-hydrogen) atoms. The van der Waals surface area contributed by atoms with E-state index < -0.39 is 6.03 Å². The number of anilines is 1. The Hall–Kier alpha value is -2.41. The maximum Gasteiger partial charge on any atom is 0.332 e. The summed E-state index contributed by atoms with van der Waals surface area (Å²) in [6.07, 6.45) is 0. The van der Waals surface area contributed by atoms with Crippen LogP contribution in [0.2, 0.25) is 0 Å². The fourth-order valence-electron chi connectivity index (χ4n) is 3.28. The van der Waals surface area contributed by atoms with Crippen molar-refractivity contribution in [3.8, 4) is 0 Å². The number of hydrogen-bond acceptors (Lipinski definition) is 4. The Kier molecular flexibility index (Phi) is 5.79. The smallest absolute Gasteiger partial charge is 0.332 e. The van der Waals surface area contributed by atoms with E-state index in [-0.39, 0.29) is 17.7 Å². The summed E-state index contributed by atoms with van der Waals surface area (Å²) in [5.41, 5.74) is 8.95. The monoisotopic (exact) mass is 345 g/mol. The highest BCUT2D eigenvalue weighted by Crippen LogP contribution is 2.31. The average Bonchev–Trinajstić information content (AvgIpc) is 2.81. The molecule has 1 aliphatic rings. The minimum absolute atomic E-state index is 0.0419. The lowest BCUT2D eigenvalue weighted by Gasteiger charge is -2.36. The molecule has 1 unspecified atom stereocenters. The number of amides is 3. The largest absolute Gasteiger partial charge is 0.350 e. The van der Waals surface area contributed by atoms with Crippen LogP contribution in [0.3, 0.4) is 0 Å². The van der Waals surface area contributed by atoms with E-state index in [1.165, 1.54) is 0 Å². The summed E-state index contributed by atoms with van der Waals surface area (Å²) >= 11 is 0. The Balaban J connectivity index is 2.33. The Morgan fingerprint density at radius 1 is 1.20 bits per heavy atom. The van der Waals surface area contributed by atoms with E-state index in [1.54, 1.807) is 4.90 Å². The lowest BCUT2D eigenvalue weighted by atomic mass is 10.1. The molecule has 1 aromatic carbocycles. The van der Waals surface area contributed by atoms with Gasteiger partial charge in [-0.05, 0) is 40.7 Å². The van der Waals surface area contributed by atoms with Crippen molar-refractivity contribution < 1.29 is 9.59 Å². The van der Waals surface area contributed by atoms with Crippen molar-refractivity contribution >= 4 is 23.3 Å². The molecule has 1 atom stereocenters. The topological polar surface area (TPSA) is 91.0 Å². The molecule has 136 valence electrons. The van der Waals surface area contributed by atoms with Gasteiger partial charge < -0.3 is 10.6 Å². The van der Waals surface area contributed by atoms with Crippen LogP contribution >= 0.6 is 0 Å². The first-order chi connectivity index (χ1) is 11.7. The van der Waals surface area contributed by atoms with Gasteiger partial charge in [0.1, 0.15) is 0 Å². The van der Waals surface area contributed by atoms with Gasteiger partial charge >= 0.3 is 6.03 Å². The number of urea groups is 1. The zero-order valence-electron chi connectivity index (χ0n) is 15.5. The molecular formula is C18H27N5O2. The van der Waals surface area contributed by atoms with Gasteiger partial charge in [-0.3, -0.25) is 9.69 Å². The minimum atomic E-state index is -0.796. The van der Waals surface area contributed by atoms with Crippen molar-refractivity contribution in [1.29, 1.82) is 0 Å². The summed E-state index contributed by atoms with van der Waals surface area (Å²) in [5, 5.41) is 3.91. The van der Waals surface area contributed by atoms with Gasteiger partial charge in [0.25, 0.3) is 5.91 Å². The fourth-order valence-corrected chi connectivity index (χ4v) is 3.28. The maximum atomic E-state index is 12.9. The van der Waals surface area contributed by atoms with Gasteiger partial charge in [-0.25, -0.2) is 10.2 Å². The maximum absolute atomic E-state index is 12.9. The highest BCUT2D eigenvalue weighted by atomic mass is 16.2. The third-order valence-electron chi connectivity index (χ3n) is 4.36. The summed E-state index contributed by atoms with van der Waals surface area (Å²) in [5.74, 6) is -0.227. The second-order valence-electron chi connectivity index (χ2n) is 6.86. The van der Waals surface area contributed by atoms with Gasteiger partial charge in [0.15, 0.2) is 5.71 Å². The number of nitrogens with zero attached hydrogens (tertiary/aromatic N) is 3. The molecule has 3 N–H and O–H groups in total. The summed E-state index contributed by atoms with van der Waals surface area (Å²) < 4.78 is 0. The lowest BCUT2D eigenvalue weighted by Crippen LogP contribution is -2.49. The van der Waals surface area contributed by atoms with Gasteiger partial charge in [0.05, 0.1) is 5.69 Å². The molecule has 1 aliphatic heterocycles. The SMILES string of the molecule is CC(CN(C(C)C)C(C)C)N1C(=O)/C(=N/NC(N)=O)c2ccccc21. The van der Waals surface area contributed by atoms with Crippen LogP contribution in [0.25, 0.3) is 0 Å². The molecule has 0 fully saturated rings. The van der Waals surface area contributed by atoms with Gasteiger partial charge in [0.2, 0.25) is 0 Å². The highest BCUT2D eigenvalue weighted by Gasteiger charge is 2.37. The van der Waals surface area contributed by atoms with Crippen molar-refractivity contribution in [2.75, 3.05) is 11.4 Å². The zero-order valence-corrected chi connectivity index (χ0v) is 15.5. The standard InChI is InChI=1S/C18H27N5O2/c1-11(2)22(12(3)4)10-13(5)23-15-9-7-6-8-14(15)16(17(23)24)20-21-18(19)25/h6-9,11-13H,10H2,1-5H3,(H3,19,21,25)/b20-16+. The molecule has 0 aromatic heterocycles. The normalized spacial score (nSPS) is 16.9. The van der Waals surface area contributed by atoms with Crippen LogP contribution in [0.1, 0.15) is 40.2 Å². The number of carbonyl (C=O) groups excluding carboxylic acids is 2. The van der Waals surface area contributed by atoms with E-state index in [1.807, 2.05) is 31.2 Å². The molecule has 7 nitrogen and oxygen atoms in total. The van der Waals surface area contributed by atoms with E-state index >= 15 is 0 Å². The predicted octanol–water partition coefficient (Wildman–Crippen LogP) is 1.91. The van der Waals surface area contributed by atoms with Crippen molar-refractivity contribution in [2.45, 2.75) is 52.7 Å². The first-order valence-electron chi connectivity index (χ1n) is 8.55. The van der Waals surface area contributed by atoms with Gasteiger partial charge in [-0.2, -0.15) is 5.10 Å². The molecule has 0 saturated carbocycles. The summed E-state index contributed by atoms with van der Waals surface area (Å²) in [6, 6.07) is 7.36. The number of hydrazone groups is 1. The quantitative estimate of drug-likeness (QED) is 0.772. The van der Waals surface area contributed by atoms with Crippen molar-refractivity contribution in [1.82, 2.24) is 10.3 Å². The minimum Gasteiger partial charge on any atom is -0.350 e. The van der Waals surface area contributed by atoms with Crippen LogP contribution in [-0.4, -0.2) is 47.2 Å². The number of nitrogens with two attached hydrogens (primary N) is 1. The number of hydrogen-bond donors (Lipinski definition) is 2. The highest BCUT2D eigenvalue weighted by molar-refractivity contribution is 6.54. The molecule has 0 radical (unpaired) electrons. The number of nitrogens with one attached hydrogen (secondary N) is 1. The lowest BCUT2D eigenvalue weighted by molar-refractivity contribution is -0.112. The molecule has 1 heterocycles. The van der Waals surface area contributed by atoms with E-state index in [2.05, 4.69) is 43.1 Å². The van der Waals surface area contributed by atoms with Crippen molar-refractivity contribution in [2.24, 2.45) is 10.8 Å². The van der Waals surface area contributed by atoms with Crippen LogP contribution < -0.4 is 16.1 Å². The molecule has 7 heteroatoms. The van der Waals surface area contributed by atoms with Crippen LogP contribution in [0.5, 0.6) is 0 Å². The van der Waals surface area contributed by atoms with E-state index in [9.17, 15) is 9.59 Å². The number of para-hydroxylation sites is 1.